The molecule has 190 valence electrons. The van der Waals surface area contributed by atoms with Crippen molar-refractivity contribution in [3.05, 3.63) is 84.2 Å². The summed E-state index contributed by atoms with van der Waals surface area (Å²) in [4.78, 5) is 17.1. The third-order valence-electron chi connectivity index (χ3n) is 5.32. The number of halogens is 3. The zero-order chi connectivity index (χ0) is 26.6. The van der Waals surface area contributed by atoms with E-state index in [1.165, 1.54) is 35.3 Å². The first-order valence-electron chi connectivity index (χ1n) is 11.1. The number of para-hydroxylation sites is 1. The summed E-state index contributed by atoms with van der Waals surface area (Å²) >= 11 is 5.36. The van der Waals surface area contributed by atoms with Gasteiger partial charge in [-0.05, 0) is 73.5 Å². The Bertz CT molecular complexity index is 1400. The second-order valence-corrected chi connectivity index (χ2v) is 8.66. The van der Waals surface area contributed by atoms with Crippen molar-refractivity contribution in [2.75, 3.05) is 10.6 Å². The van der Waals surface area contributed by atoms with E-state index in [2.05, 4.69) is 25.5 Å². The molecule has 0 saturated heterocycles. The van der Waals surface area contributed by atoms with E-state index in [1.807, 2.05) is 32.0 Å². The number of alkyl halides is 3. The van der Waals surface area contributed by atoms with E-state index in [0.29, 0.717) is 27.8 Å². The fraction of sp³-hybridized carbons (Fsp3) is 0.154. The quantitative estimate of drug-likeness (QED) is 0.279. The predicted octanol–water partition coefficient (Wildman–Crippen LogP) is 6.22. The molecule has 2 N–H and O–H groups in total. The molecular weight excluding hydrogens is 503 g/mol. The maximum atomic E-state index is 12.5. The van der Waals surface area contributed by atoms with E-state index in [1.54, 1.807) is 24.3 Å². The molecule has 1 heterocycles. The molecule has 0 aliphatic heterocycles. The number of nitrogens with one attached hydrogen (secondary N) is 2. The monoisotopic (exact) mass is 525 g/mol. The van der Waals surface area contributed by atoms with E-state index >= 15 is 0 Å². The molecule has 3 aromatic carbocycles. The number of benzene rings is 3. The number of aromatic nitrogens is 3. The standard InChI is InChI=1S/C26H22F3N5O2S/c1-16-4-3-5-17(2)24(16)32-23(37)14-22(35)31-19-8-6-18(7-9-19)25-30-15-34(33-25)20-10-12-21(13-11-20)36-26(27,28)29/h3-13,15H,14H2,1-2H3,(H,31,35)(H,32,37). The minimum atomic E-state index is -4.75. The largest absolute Gasteiger partial charge is 0.573 e. The van der Waals surface area contributed by atoms with Crippen LogP contribution in [0.5, 0.6) is 5.75 Å². The van der Waals surface area contributed by atoms with Crippen LogP contribution in [0.1, 0.15) is 17.5 Å². The van der Waals surface area contributed by atoms with Crippen molar-refractivity contribution >= 4 is 34.5 Å². The number of rotatable bonds is 7. The molecule has 0 unspecified atom stereocenters. The van der Waals surface area contributed by atoms with Crippen molar-refractivity contribution in [1.82, 2.24) is 14.8 Å². The molecule has 0 saturated carbocycles. The molecule has 7 nitrogen and oxygen atoms in total. The highest BCUT2D eigenvalue weighted by Gasteiger charge is 2.31. The van der Waals surface area contributed by atoms with Gasteiger partial charge in [-0.2, -0.15) is 0 Å². The van der Waals surface area contributed by atoms with Gasteiger partial charge in [0.25, 0.3) is 0 Å². The van der Waals surface area contributed by atoms with Crippen LogP contribution < -0.4 is 15.4 Å². The van der Waals surface area contributed by atoms with Crippen LogP contribution in [-0.2, 0) is 4.79 Å². The molecule has 0 atom stereocenters. The highest BCUT2D eigenvalue weighted by atomic mass is 32.1. The maximum absolute atomic E-state index is 12.5. The fourth-order valence-corrected chi connectivity index (χ4v) is 3.80. The van der Waals surface area contributed by atoms with Crippen LogP contribution in [0.3, 0.4) is 0 Å². The summed E-state index contributed by atoms with van der Waals surface area (Å²) in [5.41, 5.74) is 4.79. The third kappa shape index (κ3) is 6.91. The Labute approximate surface area is 216 Å². The lowest BCUT2D eigenvalue weighted by atomic mass is 10.1. The van der Waals surface area contributed by atoms with Crippen LogP contribution in [-0.4, -0.2) is 32.0 Å². The van der Waals surface area contributed by atoms with Gasteiger partial charge in [0.2, 0.25) is 5.91 Å². The zero-order valence-electron chi connectivity index (χ0n) is 19.8. The van der Waals surface area contributed by atoms with Crippen LogP contribution in [0.25, 0.3) is 17.1 Å². The van der Waals surface area contributed by atoms with Gasteiger partial charge in [-0.3, -0.25) is 4.79 Å². The Hall–Kier alpha value is -4.25. The van der Waals surface area contributed by atoms with Crippen molar-refractivity contribution in [3.63, 3.8) is 0 Å². The number of hydrogen-bond acceptors (Lipinski definition) is 5. The number of nitrogens with zero attached hydrogens (tertiary/aromatic N) is 3. The molecule has 1 amide bonds. The summed E-state index contributed by atoms with van der Waals surface area (Å²) in [6.45, 7) is 3.95. The lowest BCUT2D eigenvalue weighted by molar-refractivity contribution is -0.274. The summed E-state index contributed by atoms with van der Waals surface area (Å²) in [6, 6.07) is 18.1. The molecule has 0 fully saturated rings. The molecule has 0 aliphatic rings. The number of ether oxygens (including phenoxy) is 1. The summed E-state index contributed by atoms with van der Waals surface area (Å²) in [6.07, 6.45) is -3.27. The highest BCUT2D eigenvalue weighted by Crippen LogP contribution is 2.24. The Morgan fingerprint density at radius 2 is 1.62 bits per heavy atom. The molecule has 0 bridgehead atoms. The molecule has 1 aromatic heterocycles. The molecule has 0 spiro atoms. The predicted molar refractivity (Wildman–Crippen MR) is 139 cm³/mol. The lowest BCUT2D eigenvalue weighted by Crippen LogP contribution is -2.20. The Kier molecular flexibility index (Phi) is 7.53. The van der Waals surface area contributed by atoms with Crippen molar-refractivity contribution in [1.29, 1.82) is 0 Å². The van der Waals surface area contributed by atoms with E-state index < -0.39 is 6.36 Å². The van der Waals surface area contributed by atoms with E-state index in [9.17, 15) is 18.0 Å². The smallest absolute Gasteiger partial charge is 0.406 e. The maximum Gasteiger partial charge on any atom is 0.573 e. The number of thiocarbonyl (C=S) groups is 1. The third-order valence-corrected chi connectivity index (χ3v) is 5.57. The lowest BCUT2D eigenvalue weighted by Gasteiger charge is -2.13. The van der Waals surface area contributed by atoms with Crippen LogP contribution in [0.15, 0.2) is 73.1 Å². The number of carbonyl (C=O) groups is 1. The van der Waals surface area contributed by atoms with Crippen LogP contribution in [0.2, 0.25) is 0 Å². The number of hydrogen-bond donors (Lipinski definition) is 2. The van der Waals surface area contributed by atoms with E-state index in [0.717, 1.165) is 16.8 Å². The van der Waals surface area contributed by atoms with Crippen LogP contribution >= 0.6 is 12.2 Å². The van der Waals surface area contributed by atoms with Crippen molar-refractivity contribution in [3.8, 4) is 22.8 Å². The van der Waals surface area contributed by atoms with Gasteiger partial charge in [-0.25, -0.2) is 9.67 Å². The minimum absolute atomic E-state index is 0.0314. The molecular formula is C26H22F3N5O2S. The molecule has 37 heavy (non-hydrogen) atoms. The number of aryl methyl sites for hydroxylation is 2. The van der Waals surface area contributed by atoms with Gasteiger partial charge in [0.05, 0.1) is 17.1 Å². The molecule has 4 aromatic rings. The van der Waals surface area contributed by atoms with Crippen molar-refractivity contribution < 1.29 is 22.7 Å². The topological polar surface area (TPSA) is 81.1 Å². The van der Waals surface area contributed by atoms with Gasteiger partial charge < -0.3 is 15.4 Å². The molecule has 0 radical (unpaired) electrons. The average molecular weight is 526 g/mol. The second kappa shape index (κ2) is 10.8. The fourth-order valence-electron chi connectivity index (χ4n) is 3.57. The summed E-state index contributed by atoms with van der Waals surface area (Å²) in [5, 5.41) is 10.3. The van der Waals surface area contributed by atoms with Gasteiger partial charge in [-0.15, -0.1) is 18.3 Å². The normalized spacial score (nSPS) is 11.2. The van der Waals surface area contributed by atoms with Crippen molar-refractivity contribution in [2.45, 2.75) is 26.6 Å². The first kappa shape index (κ1) is 25.8. The Morgan fingerprint density at radius 1 is 0.973 bits per heavy atom. The molecule has 4 rings (SSSR count). The van der Waals surface area contributed by atoms with Gasteiger partial charge in [0, 0.05) is 16.9 Å². The highest BCUT2D eigenvalue weighted by molar-refractivity contribution is 7.80. The van der Waals surface area contributed by atoms with Crippen LogP contribution in [0.4, 0.5) is 24.5 Å². The summed E-state index contributed by atoms with van der Waals surface area (Å²) in [5.74, 6) is -0.166. The second-order valence-electron chi connectivity index (χ2n) is 8.17. The average Bonchev–Trinajstić information content (AvgIpc) is 3.32. The number of amides is 1. The van der Waals surface area contributed by atoms with E-state index in [-0.39, 0.29) is 18.1 Å². The first-order chi connectivity index (χ1) is 17.6. The van der Waals surface area contributed by atoms with E-state index in [4.69, 9.17) is 12.2 Å². The van der Waals surface area contributed by atoms with Gasteiger partial charge in [0.1, 0.15) is 12.1 Å². The molecule has 11 heteroatoms. The Morgan fingerprint density at radius 3 is 2.24 bits per heavy atom. The SMILES string of the molecule is Cc1cccc(C)c1NC(=S)CC(=O)Nc1ccc(-c2ncn(-c3ccc(OC(F)(F)F)cc3)n2)cc1. The van der Waals surface area contributed by atoms with Crippen LogP contribution in [0, 0.1) is 13.8 Å². The summed E-state index contributed by atoms with van der Waals surface area (Å²) in [7, 11) is 0. The Balaban J connectivity index is 1.35. The first-order valence-corrected chi connectivity index (χ1v) is 11.5. The summed E-state index contributed by atoms with van der Waals surface area (Å²) < 4.78 is 42.3. The van der Waals surface area contributed by atoms with Gasteiger partial charge >= 0.3 is 6.36 Å². The number of carbonyl (C=O) groups excluding carboxylic acids is 1. The zero-order valence-corrected chi connectivity index (χ0v) is 20.7. The number of anilines is 2. The van der Waals surface area contributed by atoms with Gasteiger partial charge in [-0.1, -0.05) is 30.4 Å². The molecule has 0 aliphatic carbocycles. The van der Waals surface area contributed by atoms with Gasteiger partial charge in [0.15, 0.2) is 5.82 Å². The minimum Gasteiger partial charge on any atom is -0.406 e. The van der Waals surface area contributed by atoms with Crippen molar-refractivity contribution in [2.24, 2.45) is 0 Å².